The summed E-state index contributed by atoms with van der Waals surface area (Å²) in [6, 6.07) is 5.61. The second-order valence-electron chi connectivity index (χ2n) is 2.52. The Labute approximate surface area is 70.0 Å². The van der Waals surface area contributed by atoms with E-state index in [1.54, 1.807) is 6.07 Å². The highest BCUT2D eigenvalue weighted by molar-refractivity contribution is 7.80. The van der Waals surface area contributed by atoms with Crippen molar-refractivity contribution in [3.05, 3.63) is 29.3 Å². The van der Waals surface area contributed by atoms with E-state index in [-0.39, 0.29) is 5.91 Å². The number of hydrogen-bond donors (Lipinski definition) is 2. The van der Waals surface area contributed by atoms with Crippen molar-refractivity contribution < 1.29 is 4.79 Å². The first-order valence-corrected chi connectivity index (χ1v) is 3.82. The van der Waals surface area contributed by atoms with Crippen LogP contribution in [0.5, 0.6) is 0 Å². The molecule has 0 fully saturated rings. The van der Waals surface area contributed by atoms with Gasteiger partial charge in [-0.3, -0.25) is 4.79 Å². The Morgan fingerprint density at radius 1 is 1.45 bits per heavy atom. The van der Waals surface area contributed by atoms with Crippen LogP contribution in [-0.4, -0.2) is 5.91 Å². The third-order valence-corrected chi connectivity index (χ3v) is 2.06. The molecule has 0 atom stereocenters. The summed E-state index contributed by atoms with van der Waals surface area (Å²) in [6.07, 6.45) is 0. The van der Waals surface area contributed by atoms with E-state index in [0.717, 1.165) is 16.0 Å². The Bertz CT molecular complexity index is 322. The highest BCUT2D eigenvalue weighted by atomic mass is 32.1. The highest BCUT2D eigenvalue weighted by Gasteiger charge is 2.17. The quantitative estimate of drug-likeness (QED) is 0.556. The lowest BCUT2D eigenvalue weighted by molar-refractivity contribution is 0.0965. The molecule has 0 aromatic heterocycles. The third-order valence-electron chi connectivity index (χ3n) is 1.78. The fraction of sp³-hybridized carbons (Fsp3) is 0.125. The highest BCUT2D eigenvalue weighted by Crippen LogP contribution is 2.18. The van der Waals surface area contributed by atoms with Crippen LogP contribution in [0.4, 0.5) is 0 Å². The van der Waals surface area contributed by atoms with Gasteiger partial charge in [0, 0.05) is 17.0 Å². The van der Waals surface area contributed by atoms with Crippen LogP contribution >= 0.6 is 12.6 Å². The molecule has 11 heavy (non-hydrogen) atoms. The van der Waals surface area contributed by atoms with Crippen LogP contribution in [0.3, 0.4) is 0 Å². The van der Waals surface area contributed by atoms with Gasteiger partial charge in [-0.15, -0.1) is 12.6 Å². The number of rotatable bonds is 0. The van der Waals surface area contributed by atoms with E-state index in [1.165, 1.54) is 0 Å². The van der Waals surface area contributed by atoms with Crippen molar-refractivity contribution in [3.8, 4) is 0 Å². The molecule has 0 saturated heterocycles. The first-order valence-electron chi connectivity index (χ1n) is 3.37. The van der Waals surface area contributed by atoms with E-state index in [9.17, 15) is 4.79 Å². The van der Waals surface area contributed by atoms with Crippen LogP contribution in [0.25, 0.3) is 0 Å². The minimum atomic E-state index is 0.0101. The zero-order chi connectivity index (χ0) is 7.84. The number of nitrogens with one attached hydrogen (secondary N) is 1. The lowest BCUT2D eigenvalue weighted by Gasteiger charge is -1.94. The molecular weight excluding hydrogens is 158 g/mol. The van der Waals surface area contributed by atoms with Crippen molar-refractivity contribution in [2.45, 2.75) is 11.4 Å². The second-order valence-corrected chi connectivity index (χ2v) is 3.04. The molecule has 0 unspecified atom stereocenters. The van der Waals surface area contributed by atoms with Gasteiger partial charge in [-0.2, -0.15) is 0 Å². The molecule has 2 rings (SSSR count). The molecule has 1 aromatic rings. The molecule has 1 heterocycles. The number of carbonyl (C=O) groups excluding carboxylic acids is 1. The zero-order valence-electron chi connectivity index (χ0n) is 5.79. The number of benzene rings is 1. The van der Waals surface area contributed by atoms with E-state index < -0.39 is 0 Å². The molecule has 2 nitrogen and oxygen atoms in total. The Balaban J connectivity index is 2.60. The predicted octanol–water partition coefficient (Wildman–Crippen LogP) is 1.22. The van der Waals surface area contributed by atoms with Gasteiger partial charge < -0.3 is 5.32 Å². The Hall–Kier alpha value is -0.960. The topological polar surface area (TPSA) is 29.1 Å². The molecule has 3 heteroatoms. The SMILES string of the molecule is O=C1NCc2ccc(S)cc21. The first kappa shape index (κ1) is 6.73. The summed E-state index contributed by atoms with van der Waals surface area (Å²) in [5.74, 6) is 0.0101. The van der Waals surface area contributed by atoms with E-state index in [0.29, 0.717) is 6.54 Å². The van der Waals surface area contributed by atoms with Crippen molar-refractivity contribution in [1.82, 2.24) is 5.32 Å². The Kier molecular flexibility index (Phi) is 1.39. The van der Waals surface area contributed by atoms with Gasteiger partial charge >= 0.3 is 0 Å². The molecule has 1 N–H and O–H groups in total. The lowest BCUT2D eigenvalue weighted by atomic mass is 10.1. The first-order chi connectivity index (χ1) is 5.27. The standard InChI is InChI=1S/C8H7NOS/c10-8-7-3-6(11)2-1-5(7)4-9-8/h1-3,11H,4H2,(H,9,10). The minimum Gasteiger partial charge on any atom is -0.348 e. The van der Waals surface area contributed by atoms with Gasteiger partial charge in [0.25, 0.3) is 5.91 Å². The number of amides is 1. The van der Waals surface area contributed by atoms with Crippen molar-refractivity contribution >= 4 is 18.5 Å². The van der Waals surface area contributed by atoms with Gasteiger partial charge in [-0.1, -0.05) is 6.07 Å². The van der Waals surface area contributed by atoms with Crippen LogP contribution in [0.2, 0.25) is 0 Å². The van der Waals surface area contributed by atoms with Crippen molar-refractivity contribution in [1.29, 1.82) is 0 Å². The molecule has 0 radical (unpaired) electrons. The van der Waals surface area contributed by atoms with Crippen LogP contribution in [0.1, 0.15) is 15.9 Å². The maximum absolute atomic E-state index is 11.1. The van der Waals surface area contributed by atoms with Crippen LogP contribution in [-0.2, 0) is 6.54 Å². The summed E-state index contributed by atoms with van der Waals surface area (Å²) in [7, 11) is 0. The molecule has 0 spiro atoms. The summed E-state index contributed by atoms with van der Waals surface area (Å²) in [5.41, 5.74) is 1.82. The number of hydrogen-bond acceptors (Lipinski definition) is 2. The molecule has 0 aliphatic carbocycles. The molecule has 1 amide bonds. The van der Waals surface area contributed by atoms with Gasteiger partial charge in [-0.05, 0) is 17.7 Å². The molecule has 1 aliphatic rings. The van der Waals surface area contributed by atoms with Crippen LogP contribution in [0, 0.1) is 0 Å². The predicted molar refractivity (Wildman–Crippen MR) is 44.9 cm³/mol. The maximum Gasteiger partial charge on any atom is 0.251 e. The number of fused-ring (bicyclic) bond motifs is 1. The van der Waals surface area contributed by atoms with E-state index in [2.05, 4.69) is 17.9 Å². The smallest absolute Gasteiger partial charge is 0.251 e. The Morgan fingerprint density at radius 3 is 3.09 bits per heavy atom. The molecule has 1 aromatic carbocycles. The summed E-state index contributed by atoms with van der Waals surface area (Å²) < 4.78 is 0. The van der Waals surface area contributed by atoms with E-state index >= 15 is 0 Å². The van der Waals surface area contributed by atoms with Gasteiger partial charge in [-0.25, -0.2) is 0 Å². The average molecular weight is 165 g/mol. The maximum atomic E-state index is 11.1. The number of thiol groups is 1. The van der Waals surface area contributed by atoms with E-state index in [4.69, 9.17) is 0 Å². The molecule has 56 valence electrons. The van der Waals surface area contributed by atoms with E-state index in [1.807, 2.05) is 12.1 Å². The summed E-state index contributed by atoms with van der Waals surface area (Å²) in [5, 5.41) is 2.74. The fourth-order valence-corrected chi connectivity index (χ4v) is 1.40. The summed E-state index contributed by atoms with van der Waals surface area (Å²) in [6.45, 7) is 0.655. The van der Waals surface area contributed by atoms with Crippen molar-refractivity contribution in [3.63, 3.8) is 0 Å². The fourth-order valence-electron chi connectivity index (χ4n) is 1.20. The van der Waals surface area contributed by atoms with Crippen LogP contribution in [0.15, 0.2) is 23.1 Å². The zero-order valence-corrected chi connectivity index (χ0v) is 6.69. The van der Waals surface area contributed by atoms with Crippen molar-refractivity contribution in [2.75, 3.05) is 0 Å². The minimum absolute atomic E-state index is 0.0101. The van der Waals surface area contributed by atoms with Crippen molar-refractivity contribution in [2.24, 2.45) is 0 Å². The third kappa shape index (κ3) is 1.01. The molecular formula is C8H7NOS. The average Bonchev–Trinajstić information content (AvgIpc) is 2.33. The summed E-state index contributed by atoms with van der Waals surface area (Å²) in [4.78, 5) is 11.9. The van der Waals surface area contributed by atoms with Gasteiger partial charge in [0.2, 0.25) is 0 Å². The molecule has 0 saturated carbocycles. The monoisotopic (exact) mass is 165 g/mol. The van der Waals surface area contributed by atoms with Gasteiger partial charge in [0.15, 0.2) is 0 Å². The largest absolute Gasteiger partial charge is 0.348 e. The van der Waals surface area contributed by atoms with Gasteiger partial charge in [0.05, 0.1) is 0 Å². The lowest BCUT2D eigenvalue weighted by Crippen LogP contribution is -2.12. The second kappa shape index (κ2) is 2.27. The summed E-state index contributed by atoms with van der Waals surface area (Å²) >= 11 is 4.14. The van der Waals surface area contributed by atoms with Crippen LogP contribution < -0.4 is 5.32 Å². The normalized spacial score (nSPS) is 14.5. The Morgan fingerprint density at radius 2 is 2.27 bits per heavy atom. The van der Waals surface area contributed by atoms with Gasteiger partial charge in [0.1, 0.15) is 0 Å². The molecule has 0 bridgehead atoms. The number of carbonyl (C=O) groups is 1. The molecule has 1 aliphatic heterocycles.